The lowest BCUT2D eigenvalue weighted by Gasteiger charge is -2.20. The molecule has 0 fully saturated rings. The maximum absolute atomic E-state index is 13.6. The zero-order valence-electron chi connectivity index (χ0n) is 18.9. The molecule has 1 atom stereocenters. The first-order valence-electron chi connectivity index (χ1n) is 10.8. The lowest BCUT2D eigenvalue weighted by molar-refractivity contribution is 0.0838. The molecule has 4 rings (SSSR count). The minimum Gasteiger partial charge on any atom is -0.437 e. The van der Waals surface area contributed by atoms with E-state index < -0.39 is 0 Å². The lowest BCUT2D eigenvalue weighted by atomic mass is 9.99. The van der Waals surface area contributed by atoms with Crippen molar-refractivity contribution in [2.45, 2.75) is 26.3 Å². The molecule has 0 radical (unpaired) electrons. The third-order valence-corrected chi connectivity index (χ3v) is 5.71. The van der Waals surface area contributed by atoms with Crippen LogP contribution in [0.4, 0.5) is 0 Å². The fourth-order valence-corrected chi connectivity index (χ4v) is 4.02. The Kier molecular flexibility index (Phi) is 7.37. The van der Waals surface area contributed by atoms with Gasteiger partial charge in [0.15, 0.2) is 0 Å². The van der Waals surface area contributed by atoms with Gasteiger partial charge in [0.2, 0.25) is 0 Å². The van der Waals surface area contributed by atoms with Crippen LogP contribution in [0.25, 0.3) is 10.9 Å². The molecule has 0 saturated carbocycles. The molecule has 174 valence electrons. The monoisotopic (exact) mass is 476 g/mol. The third kappa shape index (κ3) is 5.51. The number of benzene rings is 3. The summed E-state index contributed by atoms with van der Waals surface area (Å²) in [5.41, 5.74) is 4.26. The van der Waals surface area contributed by atoms with Gasteiger partial charge >= 0.3 is 0 Å². The molecule has 8 heteroatoms. The molecule has 0 saturated heterocycles. The van der Waals surface area contributed by atoms with Crippen LogP contribution in [0.3, 0.4) is 0 Å². The van der Waals surface area contributed by atoms with E-state index in [4.69, 9.17) is 27.1 Å². The Labute approximate surface area is 202 Å². The molecule has 0 aliphatic heterocycles. The van der Waals surface area contributed by atoms with Crippen molar-refractivity contribution < 1.29 is 14.4 Å². The van der Waals surface area contributed by atoms with Gasteiger partial charge in [-0.15, -0.1) is 10.2 Å². The Morgan fingerprint density at radius 2 is 1.88 bits per heavy atom. The largest absolute Gasteiger partial charge is 0.437 e. The van der Waals surface area contributed by atoms with Gasteiger partial charge in [0.05, 0.1) is 18.2 Å². The van der Waals surface area contributed by atoms with Crippen LogP contribution in [0, 0.1) is 13.8 Å². The van der Waals surface area contributed by atoms with Crippen molar-refractivity contribution in [3.63, 3.8) is 0 Å². The van der Waals surface area contributed by atoms with Crippen molar-refractivity contribution in [3.8, 4) is 11.6 Å². The molecule has 0 spiro atoms. The lowest BCUT2D eigenvalue weighted by Crippen LogP contribution is -2.41. The Morgan fingerprint density at radius 1 is 1.06 bits per heavy atom. The highest BCUT2D eigenvalue weighted by atomic mass is 35.5. The fourth-order valence-electron chi connectivity index (χ4n) is 3.84. The number of aryl methyl sites for hydroxylation is 2. The second-order valence-corrected chi connectivity index (χ2v) is 8.53. The number of halogens is 1. The van der Waals surface area contributed by atoms with Crippen LogP contribution in [0.2, 0.25) is 5.02 Å². The summed E-state index contributed by atoms with van der Waals surface area (Å²) in [6, 6.07) is 20.0. The van der Waals surface area contributed by atoms with Gasteiger partial charge in [-0.25, -0.2) is 5.90 Å². The summed E-state index contributed by atoms with van der Waals surface area (Å²) in [5.74, 6) is 5.55. The molecule has 4 aromatic rings. The van der Waals surface area contributed by atoms with E-state index in [1.54, 1.807) is 30.3 Å². The standard InChI is InChI=1S/C26H25ClN4O3/c1-16-10-11-18(17(2)12-16)13-20(15-33-28)29-25(32)24-22-8-3-4-9-23(22)30-31-26(24)34-21-7-5-6-19(27)14-21/h3-12,14,20H,13,15,28H2,1-2H3,(H,29,32)/t20-/m1/s1. The molecule has 0 aliphatic rings. The molecule has 3 N–H and O–H groups in total. The smallest absolute Gasteiger partial charge is 0.257 e. The molecule has 34 heavy (non-hydrogen) atoms. The first-order chi connectivity index (χ1) is 16.4. The van der Waals surface area contributed by atoms with Crippen molar-refractivity contribution in [2.24, 2.45) is 5.90 Å². The summed E-state index contributed by atoms with van der Waals surface area (Å²) in [6.45, 7) is 4.23. The van der Waals surface area contributed by atoms with Gasteiger partial charge in [-0.2, -0.15) is 0 Å². The number of nitrogens with zero attached hydrogens (tertiary/aromatic N) is 2. The van der Waals surface area contributed by atoms with Crippen LogP contribution >= 0.6 is 11.6 Å². The van der Waals surface area contributed by atoms with E-state index in [-0.39, 0.29) is 30.0 Å². The number of rotatable bonds is 8. The Hall–Kier alpha value is -3.52. The van der Waals surface area contributed by atoms with E-state index in [2.05, 4.69) is 27.6 Å². The molecule has 1 heterocycles. The van der Waals surface area contributed by atoms with Crippen molar-refractivity contribution in [2.75, 3.05) is 6.61 Å². The Balaban J connectivity index is 1.67. The quantitative estimate of drug-likeness (QED) is 0.350. The number of amides is 1. The summed E-state index contributed by atoms with van der Waals surface area (Å²) in [7, 11) is 0. The molecular formula is C26H25ClN4O3. The third-order valence-electron chi connectivity index (χ3n) is 5.47. The minimum atomic E-state index is -0.371. The van der Waals surface area contributed by atoms with Crippen molar-refractivity contribution in [1.82, 2.24) is 15.5 Å². The second-order valence-electron chi connectivity index (χ2n) is 8.09. The SMILES string of the molecule is Cc1ccc(C[C@H](CON)NC(=O)c2c(Oc3cccc(Cl)c3)nnc3ccccc23)c(C)c1. The molecule has 0 bridgehead atoms. The van der Waals surface area contributed by atoms with Crippen molar-refractivity contribution in [3.05, 3.63) is 94.0 Å². The normalized spacial score (nSPS) is 11.9. The van der Waals surface area contributed by atoms with Crippen molar-refractivity contribution in [1.29, 1.82) is 0 Å². The number of carbonyl (C=O) groups excluding carboxylic acids is 1. The minimum absolute atomic E-state index is 0.0809. The summed E-state index contributed by atoms with van der Waals surface area (Å²) in [5, 5.41) is 12.6. The number of ether oxygens (including phenoxy) is 1. The van der Waals surface area contributed by atoms with Gasteiger partial charge in [0.25, 0.3) is 11.8 Å². The van der Waals surface area contributed by atoms with Gasteiger partial charge in [-0.1, -0.05) is 59.6 Å². The second kappa shape index (κ2) is 10.6. The van der Waals surface area contributed by atoms with E-state index in [1.807, 2.05) is 38.1 Å². The zero-order chi connectivity index (χ0) is 24.1. The number of fused-ring (bicyclic) bond motifs is 1. The average molecular weight is 477 g/mol. The summed E-state index contributed by atoms with van der Waals surface area (Å²) in [6.07, 6.45) is 0.552. The molecule has 1 amide bonds. The van der Waals surface area contributed by atoms with Gasteiger partial charge in [0, 0.05) is 10.4 Å². The van der Waals surface area contributed by atoms with Gasteiger partial charge < -0.3 is 14.9 Å². The first kappa shape index (κ1) is 23.6. The summed E-state index contributed by atoms with van der Waals surface area (Å²) < 4.78 is 5.94. The van der Waals surface area contributed by atoms with Crippen LogP contribution in [0.15, 0.2) is 66.7 Å². The Morgan fingerprint density at radius 3 is 2.65 bits per heavy atom. The van der Waals surface area contributed by atoms with Gasteiger partial charge in [-0.3, -0.25) is 4.79 Å². The summed E-state index contributed by atoms with van der Waals surface area (Å²) >= 11 is 6.09. The maximum Gasteiger partial charge on any atom is 0.257 e. The van der Waals surface area contributed by atoms with Gasteiger partial charge in [0.1, 0.15) is 11.3 Å². The van der Waals surface area contributed by atoms with Crippen LogP contribution in [-0.2, 0) is 11.3 Å². The number of hydrogen-bond acceptors (Lipinski definition) is 6. The van der Waals surface area contributed by atoms with E-state index >= 15 is 0 Å². The van der Waals surface area contributed by atoms with Crippen LogP contribution in [0.1, 0.15) is 27.0 Å². The number of nitrogens with two attached hydrogens (primary N) is 1. The first-order valence-corrected chi connectivity index (χ1v) is 11.2. The van der Waals surface area contributed by atoms with E-state index in [0.717, 1.165) is 11.1 Å². The summed E-state index contributed by atoms with van der Waals surface area (Å²) in [4.78, 5) is 18.5. The molecule has 3 aromatic carbocycles. The number of hydrogen-bond donors (Lipinski definition) is 2. The van der Waals surface area contributed by atoms with E-state index in [1.165, 1.54) is 5.56 Å². The Bertz CT molecular complexity index is 1330. The molecular weight excluding hydrogens is 452 g/mol. The average Bonchev–Trinajstić information content (AvgIpc) is 2.81. The number of nitrogens with one attached hydrogen (secondary N) is 1. The van der Waals surface area contributed by atoms with Gasteiger partial charge in [-0.05, 0) is 55.7 Å². The maximum atomic E-state index is 13.6. The zero-order valence-corrected chi connectivity index (χ0v) is 19.7. The molecule has 7 nitrogen and oxygen atoms in total. The number of carbonyl (C=O) groups is 1. The van der Waals surface area contributed by atoms with Crippen LogP contribution in [-0.4, -0.2) is 28.8 Å². The van der Waals surface area contributed by atoms with Crippen LogP contribution < -0.4 is 16.0 Å². The highest BCUT2D eigenvalue weighted by molar-refractivity contribution is 6.30. The number of aromatic nitrogens is 2. The molecule has 1 aromatic heterocycles. The van der Waals surface area contributed by atoms with Crippen LogP contribution in [0.5, 0.6) is 11.6 Å². The highest BCUT2D eigenvalue weighted by Gasteiger charge is 2.23. The predicted molar refractivity (Wildman–Crippen MR) is 132 cm³/mol. The van der Waals surface area contributed by atoms with E-state index in [0.29, 0.717) is 28.1 Å². The van der Waals surface area contributed by atoms with E-state index in [9.17, 15) is 4.79 Å². The molecule has 0 aliphatic carbocycles. The fraction of sp³-hybridized carbons (Fsp3) is 0.192. The van der Waals surface area contributed by atoms with Crippen molar-refractivity contribution >= 4 is 28.4 Å². The predicted octanol–water partition coefficient (Wildman–Crippen LogP) is 4.92. The topological polar surface area (TPSA) is 99.4 Å². The highest BCUT2D eigenvalue weighted by Crippen LogP contribution is 2.29. The molecule has 0 unspecified atom stereocenters.